The number of carboxylic acids is 1. The molecule has 1 unspecified atom stereocenters. The monoisotopic (exact) mass is 276 g/mol. The van der Waals surface area contributed by atoms with Crippen LogP contribution in [-0.4, -0.2) is 29.6 Å². The van der Waals surface area contributed by atoms with Crippen molar-refractivity contribution in [3.05, 3.63) is 29.8 Å². The molecule has 20 heavy (non-hydrogen) atoms. The van der Waals surface area contributed by atoms with Crippen LogP contribution in [0.25, 0.3) is 0 Å². The first-order valence-corrected chi connectivity index (χ1v) is 7.00. The van der Waals surface area contributed by atoms with Gasteiger partial charge >= 0.3 is 5.97 Å². The fraction of sp³-hybridized carbons (Fsp3) is 0.467. The Labute approximate surface area is 118 Å². The fourth-order valence-corrected chi connectivity index (χ4v) is 2.36. The van der Waals surface area contributed by atoms with Crippen LogP contribution in [0.5, 0.6) is 0 Å². The minimum atomic E-state index is -0.857. The average Bonchev–Trinajstić information content (AvgIpc) is 2.69. The van der Waals surface area contributed by atoms with Crippen molar-refractivity contribution in [2.24, 2.45) is 0 Å². The molecule has 1 atom stereocenters. The van der Waals surface area contributed by atoms with E-state index in [4.69, 9.17) is 5.11 Å². The minimum absolute atomic E-state index is 0.00158. The third-order valence-electron chi connectivity index (χ3n) is 3.45. The molecule has 0 saturated carbocycles. The number of carbonyl (C=O) groups excluding carboxylic acids is 1. The number of nitrogens with one attached hydrogen (secondary N) is 2. The van der Waals surface area contributed by atoms with Gasteiger partial charge in [0.2, 0.25) is 5.91 Å². The molecule has 3 N–H and O–H groups in total. The second-order valence-electron chi connectivity index (χ2n) is 5.11. The topological polar surface area (TPSA) is 78.4 Å². The Morgan fingerprint density at radius 1 is 1.20 bits per heavy atom. The molecule has 1 aromatic carbocycles. The van der Waals surface area contributed by atoms with E-state index in [-0.39, 0.29) is 18.4 Å². The van der Waals surface area contributed by atoms with Crippen molar-refractivity contribution in [1.29, 1.82) is 0 Å². The molecular weight excluding hydrogens is 256 g/mol. The number of carboxylic acid groups (broad SMARTS) is 1. The van der Waals surface area contributed by atoms with Crippen LogP contribution in [0.15, 0.2) is 24.3 Å². The van der Waals surface area contributed by atoms with Gasteiger partial charge < -0.3 is 15.7 Å². The molecular formula is C15H20N2O3. The number of carbonyl (C=O) groups is 2. The van der Waals surface area contributed by atoms with Gasteiger partial charge in [-0.15, -0.1) is 0 Å². The second kappa shape index (κ2) is 7.05. The van der Waals surface area contributed by atoms with Gasteiger partial charge in [0.05, 0.1) is 12.5 Å². The van der Waals surface area contributed by atoms with E-state index in [1.54, 1.807) is 24.3 Å². The molecule has 0 aromatic heterocycles. The van der Waals surface area contributed by atoms with Crippen molar-refractivity contribution in [3.63, 3.8) is 0 Å². The maximum Gasteiger partial charge on any atom is 0.307 e. The van der Waals surface area contributed by atoms with E-state index in [2.05, 4.69) is 10.6 Å². The van der Waals surface area contributed by atoms with Crippen LogP contribution in [0, 0.1) is 0 Å². The highest BCUT2D eigenvalue weighted by Crippen LogP contribution is 2.13. The molecule has 5 nitrogen and oxygen atoms in total. The summed E-state index contributed by atoms with van der Waals surface area (Å²) in [6, 6.07) is 6.81. The predicted octanol–water partition coefficient (Wildman–Crippen LogP) is 1.78. The molecule has 2 rings (SSSR count). The summed E-state index contributed by atoms with van der Waals surface area (Å²) >= 11 is 0. The first-order chi connectivity index (χ1) is 9.65. The third kappa shape index (κ3) is 4.35. The molecule has 0 aliphatic carbocycles. The number of hydrogen-bond acceptors (Lipinski definition) is 3. The smallest absolute Gasteiger partial charge is 0.307 e. The number of anilines is 1. The van der Waals surface area contributed by atoms with Gasteiger partial charge in [0.15, 0.2) is 0 Å². The summed E-state index contributed by atoms with van der Waals surface area (Å²) < 4.78 is 0. The van der Waals surface area contributed by atoms with Crippen molar-refractivity contribution < 1.29 is 14.7 Å². The third-order valence-corrected chi connectivity index (χ3v) is 3.45. The van der Waals surface area contributed by atoms with Gasteiger partial charge in [-0.05, 0) is 37.1 Å². The molecule has 1 saturated heterocycles. The van der Waals surface area contributed by atoms with Crippen LogP contribution in [0.2, 0.25) is 0 Å². The van der Waals surface area contributed by atoms with E-state index < -0.39 is 5.97 Å². The number of amides is 1. The van der Waals surface area contributed by atoms with Gasteiger partial charge in [-0.25, -0.2) is 0 Å². The van der Waals surface area contributed by atoms with E-state index in [0.29, 0.717) is 5.69 Å². The van der Waals surface area contributed by atoms with Gasteiger partial charge in [0.1, 0.15) is 0 Å². The summed E-state index contributed by atoms with van der Waals surface area (Å²) in [5, 5.41) is 14.8. The molecule has 1 amide bonds. The Balaban J connectivity index is 1.91. The Hall–Kier alpha value is -1.88. The van der Waals surface area contributed by atoms with Crippen LogP contribution >= 0.6 is 0 Å². The highest BCUT2D eigenvalue weighted by molar-refractivity contribution is 5.94. The van der Waals surface area contributed by atoms with Crippen LogP contribution < -0.4 is 10.6 Å². The van der Waals surface area contributed by atoms with Crippen molar-refractivity contribution in [3.8, 4) is 0 Å². The van der Waals surface area contributed by atoms with E-state index in [9.17, 15) is 9.59 Å². The summed E-state index contributed by atoms with van der Waals surface area (Å²) in [5.41, 5.74) is 1.43. The van der Waals surface area contributed by atoms with Crippen LogP contribution in [0.4, 0.5) is 5.69 Å². The summed E-state index contributed by atoms with van der Waals surface area (Å²) in [4.78, 5) is 22.7. The van der Waals surface area contributed by atoms with Crippen LogP contribution in [0.3, 0.4) is 0 Å². The lowest BCUT2D eigenvalue weighted by Crippen LogP contribution is -2.39. The van der Waals surface area contributed by atoms with E-state index in [0.717, 1.165) is 31.4 Å². The average molecular weight is 276 g/mol. The van der Waals surface area contributed by atoms with Gasteiger partial charge in [-0.1, -0.05) is 25.0 Å². The molecule has 108 valence electrons. The largest absolute Gasteiger partial charge is 0.481 e. The molecule has 1 aliphatic rings. The molecule has 1 heterocycles. The van der Waals surface area contributed by atoms with Crippen molar-refractivity contribution >= 4 is 17.6 Å². The van der Waals surface area contributed by atoms with Crippen molar-refractivity contribution in [2.75, 3.05) is 11.9 Å². The summed E-state index contributed by atoms with van der Waals surface area (Å²) in [5.74, 6) is -0.873. The molecule has 1 aromatic rings. The quantitative estimate of drug-likeness (QED) is 0.783. The normalized spacial score (nSPS) is 19.1. The number of hydrogen-bond donors (Lipinski definition) is 3. The van der Waals surface area contributed by atoms with Crippen molar-refractivity contribution in [1.82, 2.24) is 5.32 Å². The Bertz CT molecular complexity index is 463. The zero-order chi connectivity index (χ0) is 14.4. The lowest BCUT2D eigenvalue weighted by molar-refractivity contribution is -0.136. The van der Waals surface area contributed by atoms with E-state index in [1.165, 1.54) is 6.42 Å². The minimum Gasteiger partial charge on any atom is -0.481 e. The lowest BCUT2D eigenvalue weighted by atomic mass is 10.1. The SMILES string of the molecule is O=C(O)Cc1ccc(NC(=O)C2CCCCCN2)cc1. The Kier molecular flexibility index (Phi) is 5.12. The summed E-state index contributed by atoms with van der Waals surface area (Å²) in [6.07, 6.45) is 4.22. The Morgan fingerprint density at radius 3 is 2.65 bits per heavy atom. The number of aliphatic carboxylic acids is 1. The zero-order valence-electron chi connectivity index (χ0n) is 11.4. The lowest BCUT2D eigenvalue weighted by Gasteiger charge is -2.15. The number of rotatable bonds is 4. The van der Waals surface area contributed by atoms with Crippen molar-refractivity contribution in [2.45, 2.75) is 38.1 Å². The zero-order valence-corrected chi connectivity index (χ0v) is 11.4. The highest BCUT2D eigenvalue weighted by Gasteiger charge is 2.19. The van der Waals surface area contributed by atoms with Gasteiger partial charge in [-0.2, -0.15) is 0 Å². The Morgan fingerprint density at radius 2 is 1.95 bits per heavy atom. The van der Waals surface area contributed by atoms with E-state index >= 15 is 0 Å². The fourth-order valence-electron chi connectivity index (χ4n) is 2.36. The summed E-state index contributed by atoms with van der Waals surface area (Å²) in [7, 11) is 0. The first kappa shape index (κ1) is 14.5. The van der Waals surface area contributed by atoms with Gasteiger partial charge in [0.25, 0.3) is 0 Å². The molecule has 0 spiro atoms. The molecule has 1 fully saturated rings. The summed E-state index contributed by atoms with van der Waals surface area (Å²) in [6.45, 7) is 0.885. The van der Waals surface area contributed by atoms with E-state index in [1.807, 2.05) is 0 Å². The first-order valence-electron chi connectivity index (χ1n) is 7.00. The van der Waals surface area contributed by atoms with Crippen LogP contribution in [0.1, 0.15) is 31.2 Å². The maximum absolute atomic E-state index is 12.1. The highest BCUT2D eigenvalue weighted by atomic mass is 16.4. The second-order valence-corrected chi connectivity index (χ2v) is 5.11. The predicted molar refractivity (Wildman–Crippen MR) is 76.7 cm³/mol. The standard InChI is InChI=1S/C15H20N2O3/c18-14(19)10-11-5-7-12(8-6-11)17-15(20)13-4-2-1-3-9-16-13/h5-8,13,16H,1-4,9-10H2,(H,17,20)(H,18,19). The van der Waals surface area contributed by atoms with Crippen LogP contribution in [-0.2, 0) is 16.0 Å². The molecule has 5 heteroatoms. The molecule has 1 aliphatic heterocycles. The number of benzene rings is 1. The maximum atomic E-state index is 12.1. The molecule has 0 radical (unpaired) electrons. The van der Waals surface area contributed by atoms with Gasteiger partial charge in [0, 0.05) is 5.69 Å². The van der Waals surface area contributed by atoms with Gasteiger partial charge in [-0.3, -0.25) is 9.59 Å². The molecule has 0 bridgehead atoms.